The SMILES string of the molecule is O=C(OCc1ccccc1)C1C(c2cccc3c2C2CCCC=C2C3(C2=CC=CCC2)c2ccccc2)=CCCC1C1=C(C2C=C(C3=CCC(C4=CCCC5=C4CCC=C5)C=C3)C=CC2)CC2c3ccccc3OC2C1. The number of esters is 1. The zero-order valence-corrected chi connectivity index (χ0v) is 44.0. The van der Waals surface area contributed by atoms with Crippen LogP contribution >= 0.6 is 0 Å². The van der Waals surface area contributed by atoms with E-state index in [0.29, 0.717) is 5.92 Å². The van der Waals surface area contributed by atoms with Gasteiger partial charge in [-0.1, -0.05) is 199 Å². The Kier molecular flexibility index (Phi) is 12.6. The lowest BCUT2D eigenvalue weighted by atomic mass is 9.63. The maximum atomic E-state index is 15.8. The Hall–Kier alpha value is -6.97. The average Bonchev–Trinajstić information content (AvgIpc) is 4.19. The standard InChI is InChI=1S/C73H70O3/c74-72(75-47-48-20-4-1-5-21-48)71-60(59-36-19-38-67-70(59)62-32-12-14-37-66(62)73(67,54-26-6-2-7-27-54)55-28-8-3-9-29-55)34-18-35-61(71)64-46-69-65(58-31-13-15-39-68(58)76-69)45-63(64)53-25-16-24-52(44-53)49-40-42-51(43-41-49)57-33-17-23-50-22-10-11-30-56(50)57/h1-8,10,13,15-16,19-22,24,26-28,31,33-34,36-42,44,51,53,61-62,65,69,71H,9,11-12,14,17-18,23,25,29-30,32,35,43,45-47H2. The molecule has 0 N–H and O–H groups in total. The molecule has 14 rings (SSSR count). The zero-order chi connectivity index (χ0) is 50.6. The molecule has 3 heteroatoms. The second-order valence-electron chi connectivity index (χ2n) is 23.2. The van der Waals surface area contributed by atoms with E-state index in [-0.39, 0.29) is 47.8 Å². The first kappa shape index (κ1) is 47.5. The Bertz CT molecular complexity index is 3370. The van der Waals surface area contributed by atoms with Gasteiger partial charge >= 0.3 is 5.97 Å². The molecule has 0 aromatic heterocycles. The van der Waals surface area contributed by atoms with E-state index < -0.39 is 5.92 Å². The van der Waals surface area contributed by atoms with E-state index in [1.807, 2.05) is 18.2 Å². The van der Waals surface area contributed by atoms with Crippen molar-refractivity contribution < 1.29 is 14.3 Å². The summed E-state index contributed by atoms with van der Waals surface area (Å²) in [6, 6.07) is 37.5. The molecule has 0 fully saturated rings. The van der Waals surface area contributed by atoms with Gasteiger partial charge in [0.2, 0.25) is 0 Å². The summed E-state index contributed by atoms with van der Waals surface area (Å²) in [6.45, 7) is 0.252. The Morgan fingerprint density at radius 3 is 2.38 bits per heavy atom. The van der Waals surface area contributed by atoms with Crippen LogP contribution in [0.1, 0.15) is 142 Å². The molecule has 0 saturated carbocycles. The number of fused-ring (bicyclic) bond motifs is 6. The van der Waals surface area contributed by atoms with Crippen molar-refractivity contribution in [3.63, 3.8) is 0 Å². The van der Waals surface area contributed by atoms with Crippen molar-refractivity contribution >= 4 is 11.5 Å². The Balaban J connectivity index is 0.881. The molecule has 1 heterocycles. The van der Waals surface area contributed by atoms with Crippen molar-refractivity contribution in [2.24, 2.45) is 23.7 Å². The topological polar surface area (TPSA) is 35.5 Å². The number of hydrogen-bond donors (Lipinski definition) is 0. The van der Waals surface area contributed by atoms with Crippen LogP contribution in [0.5, 0.6) is 5.75 Å². The summed E-state index contributed by atoms with van der Waals surface area (Å²) >= 11 is 0. The van der Waals surface area contributed by atoms with Crippen LogP contribution in [-0.4, -0.2) is 12.1 Å². The fourth-order valence-electron chi connectivity index (χ4n) is 16.0. The predicted octanol–water partition coefficient (Wildman–Crippen LogP) is 17.6. The predicted molar refractivity (Wildman–Crippen MR) is 308 cm³/mol. The van der Waals surface area contributed by atoms with Crippen molar-refractivity contribution in [1.82, 2.24) is 0 Å². The molecule has 1 aliphatic heterocycles. The van der Waals surface area contributed by atoms with E-state index in [1.165, 1.54) is 74.1 Å². The summed E-state index contributed by atoms with van der Waals surface area (Å²) in [5.74, 6) is 1.60. The molecular formula is C73H70O3. The Morgan fingerprint density at radius 1 is 0.658 bits per heavy atom. The van der Waals surface area contributed by atoms with Crippen molar-refractivity contribution in [1.29, 1.82) is 0 Å². The number of benzene rings is 4. The van der Waals surface area contributed by atoms with Crippen LogP contribution in [-0.2, 0) is 21.6 Å². The first-order chi connectivity index (χ1) is 37.6. The number of para-hydroxylation sites is 1. The minimum absolute atomic E-state index is 0.0274. The summed E-state index contributed by atoms with van der Waals surface area (Å²) in [5.41, 5.74) is 22.0. The summed E-state index contributed by atoms with van der Waals surface area (Å²) in [5, 5.41) is 0. The van der Waals surface area contributed by atoms with Crippen LogP contribution < -0.4 is 4.74 Å². The third-order valence-corrected chi connectivity index (χ3v) is 19.3. The van der Waals surface area contributed by atoms with Gasteiger partial charge in [-0.2, -0.15) is 0 Å². The van der Waals surface area contributed by atoms with Crippen LogP contribution in [0.2, 0.25) is 0 Å². The van der Waals surface area contributed by atoms with E-state index >= 15 is 4.79 Å². The first-order valence-corrected chi connectivity index (χ1v) is 29.1. The quantitative estimate of drug-likeness (QED) is 0.117. The van der Waals surface area contributed by atoms with Crippen LogP contribution in [0.25, 0.3) is 5.57 Å². The van der Waals surface area contributed by atoms with Crippen LogP contribution in [0.4, 0.5) is 0 Å². The molecule has 3 nitrogen and oxygen atoms in total. The molecule has 0 saturated heterocycles. The third-order valence-electron chi connectivity index (χ3n) is 19.3. The van der Waals surface area contributed by atoms with E-state index in [9.17, 15) is 0 Å². The highest BCUT2D eigenvalue weighted by atomic mass is 16.5. The Labute approximate surface area is 451 Å². The largest absolute Gasteiger partial charge is 0.489 e. The second kappa shape index (κ2) is 20.2. The fraction of sp³-hybridized carbons (Fsp3) is 0.329. The molecule has 10 aliphatic rings. The molecule has 0 bridgehead atoms. The number of carbonyl (C=O) groups excluding carboxylic acids is 1. The lowest BCUT2D eigenvalue weighted by Gasteiger charge is -2.41. The smallest absolute Gasteiger partial charge is 0.314 e. The van der Waals surface area contributed by atoms with Crippen molar-refractivity contribution in [2.45, 2.75) is 126 Å². The van der Waals surface area contributed by atoms with Crippen molar-refractivity contribution in [3.05, 3.63) is 272 Å². The Morgan fingerprint density at radius 2 is 1.51 bits per heavy atom. The van der Waals surface area contributed by atoms with E-state index in [0.717, 1.165) is 100 Å². The molecule has 0 spiro atoms. The fourth-order valence-corrected chi connectivity index (χ4v) is 16.0. The highest BCUT2D eigenvalue weighted by molar-refractivity contribution is 5.92. The molecule has 380 valence electrons. The normalized spacial score (nSPS) is 29.1. The van der Waals surface area contributed by atoms with Gasteiger partial charge in [0.25, 0.3) is 0 Å². The first-order valence-electron chi connectivity index (χ1n) is 29.1. The number of rotatable bonds is 10. The minimum atomic E-state index is -0.471. The van der Waals surface area contributed by atoms with Crippen molar-refractivity contribution in [3.8, 4) is 5.75 Å². The highest BCUT2D eigenvalue weighted by Gasteiger charge is 2.54. The molecule has 9 aliphatic carbocycles. The number of ether oxygens (including phenoxy) is 2. The van der Waals surface area contributed by atoms with Crippen LogP contribution in [0, 0.1) is 23.7 Å². The van der Waals surface area contributed by atoms with E-state index in [4.69, 9.17) is 9.47 Å². The summed E-state index contributed by atoms with van der Waals surface area (Å²) in [7, 11) is 0. The summed E-state index contributed by atoms with van der Waals surface area (Å²) in [4.78, 5) is 15.8. The van der Waals surface area contributed by atoms with E-state index in [2.05, 4.69) is 170 Å². The lowest BCUT2D eigenvalue weighted by molar-refractivity contribution is -0.149. The van der Waals surface area contributed by atoms with Gasteiger partial charge in [0, 0.05) is 35.7 Å². The molecule has 4 aromatic carbocycles. The van der Waals surface area contributed by atoms with Crippen molar-refractivity contribution in [2.75, 3.05) is 0 Å². The summed E-state index contributed by atoms with van der Waals surface area (Å²) < 4.78 is 13.6. The van der Waals surface area contributed by atoms with Gasteiger partial charge in [-0.3, -0.25) is 4.79 Å². The number of hydrogen-bond acceptors (Lipinski definition) is 3. The summed E-state index contributed by atoms with van der Waals surface area (Å²) in [6.07, 6.45) is 49.9. The van der Waals surface area contributed by atoms with Gasteiger partial charge in [-0.15, -0.1) is 0 Å². The number of allylic oxidation sites excluding steroid dienone is 22. The van der Waals surface area contributed by atoms with Gasteiger partial charge in [0.05, 0.1) is 11.3 Å². The monoisotopic (exact) mass is 995 g/mol. The maximum Gasteiger partial charge on any atom is 0.314 e. The van der Waals surface area contributed by atoms with Crippen LogP contribution in [0.3, 0.4) is 0 Å². The molecule has 8 atom stereocenters. The number of carbonyl (C=O) groups is 1. The van der Waals surface area contributed by atoms with Gasteiger partial charge < -0.3 is 9.47 Å². The van der Waals surface area contributed by atoms with Crippen LogP contribution in [0.15, 0.2) is 238 Å². The maximum absolute atomic E-state index is 15.8. The third kappa shape index (κ3) is 8.18. The van der Waals surface area contributed by atoms with Gasteiger partial charge in [-0.25, -0.2) is 0 Å². The van der Waals surface area contributed by atoms with Gasteiger partial charge in [0.15, 0.2) is 0 Å². The highest BCUT2D eigenvalue weighted by Crippen LogP contribution is 2.64. The second-order valence-corrected chi connectivity index (χ2v) is 23.2. The van der Waals surface area contributed by atoms with E-state index in [1.54, 1.807) is 16.7 Å². The average molecular weight is 995 g/mol. The molecule has 76 heavy (non-hydrogen) atoms. The van der Waals surface area contributed by atoms with Gasteiger partial charge in [0.1, 0.15) is 18.5 Å². The molecule has 0 radical (unpaired) electrons. The zero-order valence-electron chi connectivity index (χ0n) is 44.0. The molecule has 0 amide bonds. The molecular weight excluding hydrogens is 925 g/mol. The lowest BCUT2D eigenvalue weighted by Crippen LogP contribution is -2.36. The molecule has 4 aromatic rings. The molecule has 8 unspecified atom stereocenters. The van der Waals surface area contributed by atoms with Gasteiger partial charge in [-0.05, 0) is 169 Å². The minimum Gasteiger partial charge on any atom is -0.489 e.